The van der Waals surface area contributed by atoms with Crippen LogP contribution in [-0.2, 0) is 14.4 Å². The second-order valence-electron chi connectivity index (χ2n) is 12.3. The van der Waals surface area contributed by atoms with E-state index in [4.69, 9.17) is 5.11 Å². The van der Waals surface area contributed by atoms with Crippen LogP contribution in [-0.4, -0.2) is 85.1 Å². The Morgan fingerprint density at radius 3 is 1.45 bits per heavy atom. The van der Waals surface area contributed by atoms with E-state index in [2.05, 4.69) is 28.2 Å². The summed E-state index contributed by atoms with van der Waals surface area (Å²) in [7, 11) is 0. The van der Waals surface area contributed by atoms with E-state index in [1.807, 2.05) is 0 Å². The average Bonchev–Trinajstić information content (AvgIpc) is 2.98. The summed E-state index contributed by atoms with van der Waals surface area (Å²) in [5.41, 5.74) is 0. The van der Waals surface area contributed by atoms with Gasteiger partial charge in [-0.2, -0.15) is 0 Å². The van der Waals surface area contributed by atoms with Gasteiger partial charge >= 0.3 is 17.9 Å². The summed E-state index contributed by atoms with van der Waals surface area (Å²) >= 11 is 0. The van der Waals surface area contributed by atoms with E-state index in [0.29, 0.717) is 32.2 Å². The molecule has 44 heavy (non-hydrogen) atoms. The Labute approximate surface area is 268 Å². The van der Waals surface area contributed by atoms with Gasteiger partial charge in [-0.3, -0.25) is 14.4 Å². The Kier molecular flexibility index (Phi) is 31.3. The number of rotatable bonds is 36. The third-order valence-electron chi connectivity index (χ3n) is 8.18. The van der Waals surface area contributed by atoms with Crippen LogP contribution in [0.25, 0.3) is 0 Å². The lowest BCUT2D eigenvalue weighted by Gasteiger charge is -2.14. The SMILES string of the molecule is CCCNCCCCC(NCCCCCCCCCCCCCCCNCCNCCC(CCCC(=O)O)C(=O)O)C(=O)O. The molecule has 0 aliphatic heterocycles. The summed E-state index contributed by atoms with van der Waals surface area (Å²) in [4.78, 5) is 33.3. The highest BCUT2D eigenvalue weighted by molar-refractivity contribution is 5.73. The topological polar surface area (TPSA) is 160 Å². The van der Waals surface area contributed by atoms with E-state index in [1.54, 1.807) is 0 Å². The summed E-state index contributed by atoms with van der Waals surface area (Å²) in [5.74, 6) is -2.91. The highest BCUT2D eigenvalue weighted by atomic mass is 16.4. The highest BCUT2D eigenvalue weighted by Crippen LogP contribution is 2.14. The van der Waals surface area contributed by atoms with Crippen molar-refractivity contribution in [2.45, 2.75) is 148 Å². The fourth-order valence-corrected chi connectivity index (χ4v) is 5.40. The summed E-state index contributed by atoms with van der Waals surface area (Å²) in [6, 6.07) is -0.407. The van der Waals surface area contributed by atoms with Crippen molar-refractivity contribution >= 4 is 17.9 Å². The second kappa shape index (κ2) is 32.6. The van der Waals surface area contributed by atoms with Gasteiger partial charge in [0.1, 0.15) is 6.04 Å². The summed E-state index contributed by atoms with van der Waals surface area (Å²) in [5, 5.41) is 40.7. The van der Waals surface area contributed by atoms with Gasteiger partial charge in [-0.1, -0.05) is 84.0 Å². The van der Waals surface area contributed by atoms with Gasteiger partial charge in [-0.05, 0) is 84.1 Å². The molecule has 0 aliphatic rings. The van der Waals surface area contributed by atoms with Crippen molar-refractivity contribution in [1.29, 1.82) is 0 Å². The van der Waals surface area contributed by atoms with Crippen molar-refractivity contribution in [3.05, 3.63) is 0 Å². The molecule has 0 amide bonds. The Morgan fingerprint density at radius 2 is 0.955 bits per heavy atom. The minimum absolute atomic E-state index is 0.0280. The van der Waals surface area contributed by atoms with Crippen LogP contribution < -0.4 is 21.3 Å². The molecule has 10 heteroatoms. The van der Waals surface area contributed by atoms with Crippen molar-refractivity contribution < 1.29 is 29.7 Å². The monoisotopic (exact) mass is 629 g/mol. The van der Waals surface area contributed by atoms with E-state index in [-0.39, 0.29) is 6.42 Å². The van der Waals surface area contributed by atoms with Crippen LogP contribution >= 0.6 is 0 Å². The first-order valence-electron chi connectivity index (χ1n) is 17.9. The third kappa shape index (κ3) is 30.3. The molecule has 2 unspecified atom stereocenters. The maximum absolute atomic E-state index is 11.5. The normalized spacial score (nSPS) is 12.8. The number of unbranched alkanes of at least 4 members (excludes halogenated alkanes) is 13. The van der Waals surface area contributed by atoms with E-state index < -0.39 is 29.9 Å². The molecule has 0 aliphatic carbocycles. The quantitative estimate of drug-likeness (QED) is 0.0423. The minimum Gasteiger partial charge on any atom is -0.481 e. The molecule has 0 aromatic rings. The van der Waals surface area contributed by atoms with Gasteiger partial charge in [0, 0.05) is 19.5 Å². The minimum atomic E-state index is -0.875. The lowest BCUT2D eigenvalue weighted by atomic mass is 9.98. The first-order chi connectivity index (χ1) is 21.4. The molecule has 7 N–H and O–H groups in total. The zero-order chi connectivity index (χ0) is 32.5. The van der Waals surface area contributed by atoms with Crippen molar-refractivity contribution in [3.63, 3.8) is 0 Å². The molecule has 0 heterocycles. The van der Waals surface area contributed by atoms with Gasteiger partial charge in [0.25, 0.3) is 0 Å². The second-order valence-corrected chi connectivity index (χ2v) is 12.3. The highest BCUT2D eigenvalue weighted by Gasteiger charge is 2.17. The maximum atomic E-state index is 11.5. The molecule has 0 radical (unpaired) electrons. The van der Waals surface area contributed by atoms with Crippen LogP contribution in [0.2, 0.25) is 0 Å². The molecule has 0 saturated heterocycles. The Hall–Kier alpha value is -1.75. The molecule has 0 fully saturated rings. The predicted octanol–water partition coefficient (Wildman–Crippen LogP) is 5.80. The average molecular weight is 629 g/mol. The smallest absolute Gasteiger partial charge is 0.320 e. The van der Waals surface area contributed by atoms with E-state index in [9.17, 15) is 24.6 Å². The number of hydrogen-bond acceptors (Lipinski definition) is 7. The lowest BCUT2D eigenvalue weighted by Crippen LogP contribution is -2.37. The predicted molar refractivity (Wildman–Crippen MR) is 179 cm³/mol. The zero-order valence-corrected chi connectivity index (χ0v) is 28.0. The molecular formula is C34H68N4O6. The lowest BCUT2D eigenvalue weighted by molar-refractivity contribution is -0.143. The van der Waals surface area contributed by atoms with E-state index in [1.165, 1.54) is 77.0 Å². The zero-order valence-electron chi connectivity index (χ0n) is 28.0. The molecule has 0 aromatic carbocycles. The van der Waals surface area contributed by atoms with Crippen LogP contribution in [0.5, 0.6) is 0 Å². The van der Waals surface area contributed by atoms with Crippen molar-refractivity contribution in [2.75, 3.05) is 45.8 Å². The first-order valence-corrected chi connectivity index (χ1v) is 17.9. The van der Waals surface area contributed by atoms with Crippen LogP contribution in [0.15, 0.2) is 0 Å². The summed E-state index contributed by atoms with van der Waals surface area (Å²) in [6.07, 6.45) is 21.7. The van der Waals surface area contributed by atoms with Crippen LogP contribution in [0.4, 0.5) is 0 Å². The Morgan fingerprint density at radius 1 is 0.477 bits per heavy atom. The molecule has 2 atom stereocenters. The molecule has 0 rings (SSSR count). The third-order valence-corrected chi connectivity index (χ3v) is 8.18. The number of carbonyl (C=O) groups is 3. The molecule has 0 aromatic heterocycles. The fraction of sp³-hybridized carbons (Fsp3) is 0.912. The fourth-order valence-electron chi connectivity index (χ4n) is 5.40. The van der Waals surface area contributed by atoms with Crippen molar-refractivity contribution in [1.82, 2.24) is 21.3 Å². The first kappa shape index (κ1) is 42.2. The number of nitrogens with one attached hydrogen (secondary N) is 4. The summed E-state index contributed by atoms with van der Waals surface area (Å²) < 4.78 is 0. The van der Waals surface area contributed by atoms with Crippen LogP contribution in [0.1, 0.15) is 142 Å². The molecule has 260 valence electrons. The Balaban J connectivity index is 3.38. The Bertz CT molecular complexity index is 682. The standard InChI is InChI=1S/C34H68N4O6/c1-2-23-35-25-17-14-20-31(34(43)44)38-26-16-13-11-9-7-5-3-4-6-8-10-12-15-24-36-28-29-37-27-22-30(33(41)42)19-18-21-32(39)40/h30-31,35-38H,2-29H2,1H3,(H,39,40)(H,41,42)(H,43,44). The van der Waals surface area contributed by atoms with E-state index >= 15 is 0 Å². The molecule has 0 spiro atoms. The number of aliphatic carboxylic acids is 3. The maximum Gasteiger partial charge on any atom is 0.320 e. The molecule has 0 bridgehead atoms. The number of carboxylic acids is 3. The van der Waals surface area contributed by atoms with Gasteiger partial charge < -0.3 is 36.6 Å². The van der Waals surface area contributed by atoms with Crippen molar-refractivity contribution in [2.24, 2.45) is 5.92 Å². The van der Waals surface area contributed by atoms with Crippen LogP contribution in [0.3, 0.4) is 0 Å². The molecular weight excluding hydrogens is 560 g/mol. The molecule has 10 nitrogen and oxygen atoms in total. The van der Waals surface area contributed by atoms with Gasteiger partial charge in [0.2, 0.25) is 0 Å². The van der Waals surface area contributed by atoms with Gasteiger partial charge in [0.05, 0.1) is 5.92 Å². The number of hydrogen-bond donors (Lipinski definition) is 7. The van der Waals surface area contributed by atoms with Crippen molar-refractivity contribution in [3.8, 4) is 0 Å². The number of carboxylic acid groups (broad SMARTS) is 3. The van der Waals surface area contributed by atoms with Gasteiger partial charge in [-0.15, -0.1) is 0 Å². The van der Waals surface area contributed by atoms with Gasteiger partial charge in [-0.25, -0.2) is 0 Å². The van der Waals surface area contributed by atoms with E-state index in [0.717, 1.165) is 65.0 Å². The van der Waals surface area contributed by atoms with Crippen LogP contribution in [0, 0.1) is 5.92 Å². The van der Waals surface area contributed by atoms with Gasteiger partial charge in [0.15, 0.2) is 0 Å². The summed E-state index contributed by atoms with van der Waals surface area (Å²) in [6.45, 7) is 8.30. The molecule has 0 saturated carbocycles. The largest absolute Gasteiger partial charge is 0.481 e.